The van der Waals surface area contributed by atoms with E-state index in [1.165, 1.54) is 6.20 Å². The maximum Gasteiger partial charge on any atom is 0.272 e. The Balaban J connectivity index is 1.83. The van der Waals surface area contributed by atoms with E-state index in [2.05, 4.69) is 4.98 Å². The van der Waals surface area contributed by atoms with Crippen LogP contribution in [0.2, 0.25) is 0 Å². The van der Waals surface area contributed by atoms with Crippen LogP contribution in [-0.2, 0) is 6.54 Å². The molecule has 1 aromatic carbocycles. The van der Waals surface area contributed by atoms with Crippen molar-refractivity contribution in [2.45, 2.75) is 37.8 Å². The second kappa shape index (κ2) is 7.45. The van der Waals surface area contributed by atoms with Crippen LogP contribution in [0.1, 0.15) is 47.3 Å². The molecule has 0 spiro atoms. The zero-order valence-electron chi connectivity index (χ0n) is 14.1. The van der Waals surface area contributed by atoms with E-state index >= 15 is 0 Å². The van der Waals surface area contributed by atoms with Crippen LogP contribution in [0.15, 0.2) is 48.7 Å². The standard InChI is InChI=1S/C20H21N3O2/c21-12-17-8-9-18(22-13-17)19(24)23(14-16-6-2-1-3-7-16)15-20(25)10-4-5-11-20/h1-3,6-9,13,25H,4-5,10-11,14-15H2. The molecule has 0 radical (unpaired) electrons. The fourth-order valence-corrected chi connectivity index (χ4v) is 3.30. The van der Waals surface area contributed by atoms with Gasteiger partial charge >= 0.3 is 0 Å². The summed E-state index contributed by atoms with van der Waals surface area (Å²) in [6.45, 7) is 0.714. The fourth-order valence-electron chi connectivity index (χ4n) is 3.30. The number of hydrogen-bond donors (Lipinski definition) is 1. The molecule has 0 aliphatic heterocycles. The van der Waals surface area contributed by atoms with Gasteiger partial charge in [-0.15, -0.1) is 0 Å². The Labute approximate surface area is 147 Å². The topological polar surface area (TPSA) is 77.2 Å². The molecule has 1 saturated carbocycles. The van der Waals surface area contributed by atoms with Crippen molar-refractivity contribution < 1.29 is 9.90 Å². The molecule has 1 heterocycles. The van der Waals surface area contributed by atoms with Crippen molar-refractivity contribution in [3.8, 4) is 6.07 Å². The lowest BCUT2D eigenvalue weighted by Crippen LogP contribution is -2.44. The van der Waals surface area contributed by atoms with Gasteiger partial charge in [0.25, 0.3) is 5.91 Å². The summed E-state index contributed by atoms with van der Waals surface area (Å²) in [6, 6.07) is 14.9. The van der Waals surface area contributed by atoms with Gasteiger partial charge < -0.3 is 10.0 Å². The molecule has 3 rings (SSSR count). The number of aliphatic hydroxyl groups is 1. The predicted octanol–water partition coefficient (Wildman–Crippen LogP) is 2.90. The highest BCUT2D eigenvalue weighted by Gasteiger charge is 2.35. The summed E-state index contributed by atoms with van der Waals surface area (Å²) in [6.07, 6.45) is 4.80. The van der Waals surface area contributed by atoms with E-state index in [4.69, 9.17) is 5.26 Å². The van der Waals surface area contributed by atoms with Crippen LogP contribution in [0.4, 0.5) is 0 Å². The quantitative estimate of drug-likeness (QED) is 0.911. The Morgan fingerprint density at radius 3 is 2.52 bits per heavy atom. The maximum absolute atomic E-state index is 12.9. The number of carbonyl (C=O) groups excluding carboxylic acids is 1. The molecule has 1 amide bonds. The van der Waals surface area contributed by atoms with E-state index in [0.29, 0.717) is 31.5 Å². The minimum atomic E-state index is -0.822. The SMILES string of the molecule is N#Cc1ccc(C(=O)N(Cc2ccccc2)CC2(O)CCCC2)nc1. The molecule has 1 N–H and O–H groups in total. The van der Waals surface area contributed by atoms with Gasteiger partial charge in [-0.25, -0.2) is 4.98 Å². The van der Waals surface area contributed by atoms with Gasteiger partial charge in [0.1, 0.15) is 11.8 Å². The second-order valence-electron chi connectivity index (χ2n) is 6.62. The summed E-state index contributed by atoms with van der Waals surface area (Å²) in [5.41, 5.74) is 0.889. The summed E-state index contributed by atoms with van der Waals surface area (Å²) in [4.78, 5) is 18.7. The lowest BCUT2D eigenvalue weighted by atomic mass is 10.0. The minimum absolute atomic E-state index is 0.228. The molecule has 128 valence electrons. The molecular weight excluding hydrogens is 314 g/mol. The third kappa shape index (κ3) is 4.23. The Hall–Kier alpha value is -2.71. The predicted molar refractivity (Wildman–Crippen MR) is 93.6 cm³/mol. The van der Waals surface area contributed by atoms with Gasteiger partial charge in [0.15, 0.2) is 0 Å². The zero-order valence-corrected chi connectivity index (χ0v) is 14.1. The van der Waals surface area contributed by atoms with Gasteiger partial charge in [-0.3, -0.25) is 4.79 Å². The smallest absolute Gasteiger partial charge is 0.272 e. The van der Waals surface area contributed by atoms with Gasteiger partial charge in [0, 0.05) is 12.7 Å². The Morgan fingerprint density at radius 1 is 1.20 bits per heavy atom. The van der Waals surface area contributed by atoms with Crippen LogP contribution in [0.25, 0.3) is 0 Å². The monoisotopic (exact) mass is 335 g/mol. The van der Waals surface area contributed by atoms with E-state index in [-0.39, 0.29) is 11.6 Å². The van der Waals surface area contributed by atoms with Crippen molar-refractivity contribution in [3.63, 3.8) is 0 Å². The van der Waals surface area contributed by atoms with E-state index in [1.807, 2.05) is 36.4 Å². The number of hydrogen-bond acceptors (Lipinski definition) is 4. The van der Waals surface area contributed by atoms with Gasteiger partial charge in [0.05, 0.1) is 17.7 Å². The second-order valence-corrected chi connectivity index (χ2v) is 6.62. The zero-order chi connectivity index (χ0) is 17.7. The number of nitrogens with zero attached hydrogens (tertiary/aromatic N) is 3. The van der Waals surface area contributed by atoms with Crippen molar-refractivity contribution in [1.29, 1.82) is 5.26 Å². The van der Waals surface area contributed by atoms with Crippen molar-refractivity contribution in [3.05, 3.63) is 65.5 Å². The Morgan fingerprint density at radius 2 is 1.92 bits per heavy atom. The molecule has 1 aliphatic rings. The van der Waals surface area contributed by atoms with Crippen LogP contribution in [0.3, 0.4) is 0 Å². The van der Waals surface area contributed by atoms with E-state index in [0.717, 1.165) is 18.4 Å². The first kappa shape index (κ1) is 17.1. The number of aromatic nitrogens is 1. The van der Waals surface area contributed by atoms with Crippen molar-refractivity contribution >= 4 is 5.91 Å². The lowest BCUT2D eigenvalue weighted by molar-refractivity contribution is 0.00764. The number of rotatable bonds is 5. The summed E-state index contributed by atoms with van der Waals surface area (Å²) < 4.78 is 0. The van der Waals surface area contributed by atoms with Crippen molar-refractivity contribution in [2.24, 2.45) is 0 Å². The van der Waals surface area contributed by atoms with Gasteiger partial charge in [-0.05, 0) is 30.5 Å². The molecule has 0 unspecified atom stereocenters. The fraction of sp³-hybridized carbons (Fsp3) is 0.350. The highest BCUT2D eigenvalue weighted by Crippen LogP contribution is 2.31. The number of carbonyl (C=O) groups is 1. The summed E-state index contributed by atoms with van der Waals surface area (Å²) in [5.74, 6) is -0.228. The summed E-state index contributed by atoms with van der Waals surface area (Å²) >= 11 is 0. The third-order valence-corrected chi connectivity index (χ3v) is 4.63. The Bertz CT molecular complexity index is 760. The normalized spacial score (nSPS) is 15.5. The van der Waals surface area contributed by atoms with Crippen molar-refractivity contribution in [1.82, 2.24) is 9.88 Å². The average molecular weight is 335 g/mol. The molecule has 0 saturated heterocycles. The number of pyridine rings is 1. The molecule has 1 aromatic heterocycles. The molecule has 5 heteroatoms. The van der Waals surface area contributed by atoms with Crippen LogP contribution < -0.4 is 0 Å². The molecular formula is C20H21N3O2. The van der Waals surface area contributed by atoms with Crippen LogP contribution in [-0.4, -0.2) is 33.0 Å². The van der Waals surface area contributed by atoms with Gasteiger partial charge in [0.2, 0.25) is 0 Å². The van der Waals surface area contributed by atoms with Crippen LogP contribution in [0.5, 0.6) is 0 Å². The largest absolute Gasteiger partial charge is 0.388 e. The first-order valence-electron chi connectivity index (χ1n) is 8.51. The molecule has 1 fully saturated rings. The molecule has 2 aromatic rings. The highest BCUT2D eigenvalue weighted by atomic mass is 16.3. The molecule has 25 heavy (non-hydrogen) atoms. The first-order valence-corrected chi connectivity index (χ1v) is 8.51. The van der Waals surface area contributed by atoms with E-state index < -0.39 is 5.60 Å². The van der Waals surface area contributed by atoms with E-state index in [9.17, 15) is 9.90 Å². The number of amides is 1. The van der Waals surface area contributed by atoms with E-state index in [1.54, 1.807) is 17.0 Å². The van der Waals surface area contributed by atoms with Crippen LogP contribution in [0, 0.1) is 11.3 Å². The summed E-state index contributed by atoms with van der Waals surface area (Å²) in [7, 11) is 0. The van der Waals surface area contributed by atoms with Crippen molar-refractivity contribution in [2.75, 3.05) is 6.54 Å². The van der Waals surface area contributed by atoms with Crippen LogP contribution >= 0.6 is 0 Å². The molecule has 5 nitrogen and oxygen atoms in total. The molecule has 0 atom stereocenters. The Kier molecular flexibility index (Phi) is 5.11. The third-order valence-electron chi connectivity index (χ3n) is 4.63. The number of benzene rings is 1. The van der Waals surface area contributed by atoms with Gasteiger partial charge in [-0.1, -0.05) is 43.2 Å². The molecule has 1 aliphatic carbocycles. The first-order chi connectivity index (χ1) is 12.1. The summed E-state index contributed by atoms with van der Waals surface area (Å²) in [5, 5.41) is 19.6. The highest BCUT2D eigenvalue weighted by molar-refractivity contribution is 5.92. The van der Waals surface area contributed by atoms with Gasteiger partial charge in [-0.2, -0.15) is 5.26 Å². The lowest BCUT2D eigenvalue weighted by Gasteiger charge is -2.31. The minimum Gasteiger partial charge on any atom is -0.388 e. The molecule has 0 bridgehead atoms. The maximum atomic E-state index is 12.9. The number of nitriles is 1. The average Bonchev–Trinajstić information content (AvgIpc) is 3.08.